The van der Waals surface area contributed by atoms with E-state index in [1.807, 2.05) is 12.1 Å². The number of halogens is 1. The highest BCUT2D eigenvalue weighted by atomic mass is 32.2. The molecule has 1 N–H and O–H groups in total. The summed E-state index contributed by atoms with van der Waals surface area (Å²) in [7, 11) is -2.14. The summed E-state index contributed by atoms with van der Waals surface area (Å²) in [5.41, 5.74) is 1.08. The number of rotatable bonds is 7. The number of methoxy groups -OCH3 is 1. The van der Waals surface area contributed by atoms with Gasteiger partial charge in [0.05, 0.1) is 25.1 Å². The quantitative estimate of drug-likeness (QED) is 0.801. The summed E-state index contributed by atoms with van der Waals surface area (Å²) in [4.78, 5) is 12.3. The van der Waals surface area contributed by atoms with Crippen LogP contribution in [0.25, 0.3) is 0 Å². The molecule has 0 aromatic heterocycles. The molecule has 140 valence electrons. The number of carbonyl (C=O) groups excluding carboxylic acids is 1. The molecule has 0 radical (unpaired) electrons. The minimum Gasteiger partial charge on any atom is -0.497 e. The van der Waals surface area contributed by atoms with Crippen molar-refractivity contribution in [1.82, 2.24) is 5.32 Å². The Morgan fingerprint density at radius 1 is 1.15 bits per heavy atom. The summed E-state index contributed by atoms with van der Waals surface area (Å²) in [6, 6.07) is 11.8. The minimum atomic E-state index is -3.70. The first-order valence-electron chi connectivity index (χ1n) is 7.87. The Hall–Kier alpha value is -2.61. The predicted octanol–water partition coefficient (Wildman–Crippen LogP) is 2.48. The molecule has 2 aromatic carbocycles. The molecular formula is C18H21FN2O4S. The molecular weight excluding hydrogens is 359 g/mol. The van der Waals surface area contributed by atoms with Crippen molar-refractivity contribution in [1.29, 1.82) is 0 Å². The lowest BCUT2D eigenvalue weighted by molar-refractivity contribution is -0.120. The van der Waals surface area contributed by atoms with Crippen molar-refractivity contribution in [2.24, 2.45) is 0 Å². The van der Waals surface area contributed by atoms with Gasteiger partial charge in [0.1, 0.15) is 18.1 Å². The second-order valence-corrected chi connectivity index (χ2v) is 7.72. The highest BCUT2D eigenvalue weighted by Crippen LogP contribution is 2.19. The fourth-order valence-corrected chi connectivity index (χ4v) is 3.26. The molecule has 2 aromatic rings. The van der Waals surface area contributed by atoms with Crippen molar-refractivity contribution in [3.05, 3.63) is 59.9 Å². The van der Waals surface area contributed by atoms with Gasteiger partial charge in [-0.3, -0.25) is 9.10 Å². The predicted molar refractivity (Wildman–Crippen MR) is 98.1 cm³/mol. The molecule has 0 heterocycles. The van der Waals surface area contributed by atoms with Gasteiger partial charge in [-0.1, -0.05) is 12.1 Å². The van der Waals surface area contributed by atoms with Gasteiger partial charge in [0.2, 0.25) is 15.9 Å². The van der Waals surface area contributed by atoms with Crippen LogP contribution in [-0.4, -0.2) is 34.2 Å². The zero-order chi connectivity index (χ0) is 19.3. The number of hydrogen-bond acceptors (Lipinski definition) is 4. The molecule has 0 aliphatic rings. The standard InChI is InChI=1S/C18H21FN2O4S/c1-13(14-4-10-17(25-2)11-5-14)20-18(22)12-21(26(3,23)24)16-8-6-15(19)7-9-16/h4-11,13H,12H2,1-3H3,(H,20,22)/t13-/m0/s1. The van der Waals surface area contributed by atoms with E-state index < -0.39 is 28.3 Å². The first-order chi connectivity index (χ1) is 12.2. The maximum atomic E-state index is 13.1. The zero-order valence-electron chi connectivity index (χ0n) is 14.8. The van der Waals surface area contributed by atoms with Crippen LogP contribution in [0.2, 0.25) is 0 Å². The Morgan fingerprint density at radius 2 is 1.73 bits per heavy atom. The van der Waals surface area contributed by atoms with Crippen LogP contribution in [0.4, 0.5) is 10.1 Å². The maximum Gasteiger partial charge on any atom is 0.241 e. The molecule has 2 rings (SSSR count). The topological polar surface area (TPSA) is 75.7 Å². The molecule has 0 bridgehead atoms. The van der Waals surface area contributed by atoms with Gasteiger partial charge >= 0.3 is 0 Å². The molecule has 0 saturated carbocycles. The number of carbonyl (C=O) groups is 1. The number of anilines is 1. The lowest BCUT2D eigenvalue weighted by Crippen LogP contribution is -2.41. The van der Waals surface area contributed by atoms with E-state index in [0.717, 1.165) is 28.3 Å². The Labute approximate surface area is 152 Å². The van der Waals surface area contributed by atoms with Crippen LogP contribution in [0.15, 0.2) is 48.5 Å². The average Bonchev–Trinajstić information content (AvgIpc) is 2.59. The van der Waals surface area contributed by atoms with Crippen molar-refractivity contribution in [2.45, 2.75) is 13.0 Å². The molecule has 6 nitrogen and oxygen atoms in total. The molecule has 1 amide bonds. The van der Waals surface area contributed by atoms with E-state index in [-0.39, 0.29) is 11.7 Å². The number of ether oxygens (including phenoxy) is 1. The fourth-order valence-electron chi connectivity index (χ4n) is 2.40. The van der Waals surface area contributed by atoms with Crippen molar-refractivity contribution in [3.8, 4) is 5.75 Å². The van der Waals surface area contributed by atoms with Crippen LogP contribution in [0, 0.1) is 5.82 Å². The lowest BCUT2D eigenvalue weighted by atomic mass is 10.1. The molecule has 0 saturated heterocycles. The van der Waals surface area contributed by atoms with Crippen LogP contribution in [-0.2, 0) is 14.8 Å². The molecule has 26 heavy (non-hydrogen) atoms. The summed E-state index contributed by atoms with van der Waals surface area (Å²) < 4.78 is 43.1. The van der Waals surface area contributed by atoms with Gasteiger partial charge in [0, 0.05) is 0 Å². The molecule has 0 unspecified atom stereocenters. The van der Waals surface area contributed by atoms with Crippen molar-refractivity contribution < 1.29 is 22.3 Å². The summed E-state index contributed by atoms with van der Waals surface area (Å²) in [6.07, 6.45) is 0.997. The molecule has 8 heteroatoms. The third kappa shape index (κ3) is 5.19. The van der Waals surface area contributed by atoms with Gasteiger partial charge in [0.25, 0.3) is 0 Å². The number of nitrogens with one attached hydrogen (secondary N) is 1. The second kappa shape index (κ2) is 8.18. The largest absolute Gasteiger partial charge is 0.497 e. The van der Waals surface area contributed by atoms with Crippen LogP contribution in [0.5, 0.6) is 5.75 Å². The number of benzene rings is 2. The Kier molecular flexibility index (Phi) is 6.20. The molecule has 0 aliphatic carbocycles. The number of amides is 1. The van der Waals surface area contributed by atoms with Crippen LogP contribution < -0.4 is 14.4 Å². The lowest BCUT2D eigenvalue weighted by Gasteiger charge is -2.23. The third-order valence-corrected chi connectivity index (χ3v) is 4.94. The maximum absolute atomic E-state index is 13.1. The van der Waals surface area contributed by atoms with E-state index in [4.69, 9.17) is 4.74 Å². The van der Waals surface area contributed by atoms with E-state index in [0.29, 0.717) is 5.75 Å². The van der Waals surface area contributed by atoms with Gasteiger partial charge in [0.15, 0.2) is 0 Å². The highest BCUT2D eigenvalue weighted by Gasteiger charge is 2.22. The SMILES string of the molecule is COc1ccc([C@H](C)NC(=O)CN(c2ccc(F)cc2)S(C)(=O)=O)cc1. The molecule has 0 aliphatic heterocycles. The smallest absolute Gasteiger partial charge is 0.241 e. The number of sulfonamides is 1. The zero-order valence-corrected chi connectivity index (χ0v) is 15.6. The first-order valence-corrected chi connectivity index (χ1v) is 9.72. The van der Waals surface area contributed by atoms with Crippen LogP contribution in [0.1, 0.15) is 18.5 Å². The van der Waals surface area contributed by atoms with E-state index in [2.05, 4.69) is 5.32 Å². The van der Waals surface area contributed by atoms with E-state index in [9.17, 15) is 17.6 Å². The fraction of sp³-hybridized carbons (Fsp3) is 0.278. The molecule has 0 fully saturated rings. The third-order valence-electron chi connectivity index (χ3n) is 3.80. The van der Waals surface area contributed by atoms with Gasteiger partial charge in [-0.25, -0.2) is 12.8 Å². The van der Waals surface area contributed by atoms with E-state index in [1.54, 1.807) is 26.2 Å². The molecule has 1 atom stereocenters. The minimum absolute atomic E-state index is 0.223. The summed E-state index contributed by atoms with van der Waals surface area (Å²) in [6.45, 7) is 1.40. The van der Waals surface area contributed by atoms with E-state index in [1.165, 1.54) is 12.1 Å². The summed E-state index contributed by atoms with van der Waals surface area (Å²) in [5.74, 6) is -0.255. The normalized spacial score (nSPS) is 12.3. The first kappa shape index (κ1) is 19.7. The molecule has 0 spiro atoms. The summed E-state index contributed by atoms with van der Waals surface area (Å²) in [5, 5.41) is 2.76. The van der Waals surface area contributed by atoms with Gasteiger partial charge < -0.3 is 10.1 Å². The van der Waals surface area contributed by atoms with Crippen molar-refractivity contribution in [3.63, 3.8) is 0 Å². The Morgan fingerprint density at radius 3 is 2.23 bits per heavy atom. The summed E-state index contributed by atoms with van der Waals surface area (Å²) >= 11 is 0. The monoisotopic (exact) mass is 380 g/mol. The van der Waals surface area contributed by atoms with Crippen molar-refractivity contribution in [2.75, 3.05) is 24.2 Å². The second-order valence-electron chi connectivity index (χ2n) is 5.81. The number of hydrogen-bond donors (Lipinski definition) is 1. The van der Waals surface area contributed by atoms with Crippen LogP contribution >= 0.6 is 0 Å². The Bertz CT molecular complexity index is 852. The van der Waals surface area contributed by atoms with Gasteiger partial charge in [-0.05, 0) is 48.9 Å². The Balaban J connectivity index is 2.10. The number of nitrogens with zero attached hydrogens (tertiary/aromatic N) is 1. The van der Waals surface area contributed by atoms with Crippen LogP contribution in [0.3, 0.4) is 0 Å². The van der Waals surface area contributed by atoms with Gasteiger partial charge in [-0.2, -0.15) is 0 Å². The van der Waals surface area contributed by atoms with Gasteiger partial charge in [-0.15, -0.1) is 0 Å². The average molecular weight is 380 g/mol. The van der Waals surface area contributed by atoms with E-state index >= 15 is 0 Å². The van der Waals surface area contributed by atoms with Crippen molar-refractivity contribution >= 4 is 21.6 Å². The highest BCUT2D eigenvalue weighted by molar-refractivity contribution is 7.92.